The van der Waals surface area contributed by atoms with Crippen LogP contribution in [0, 0.1) is 0 Å². The Morgan fingerprint density at radius 2 is 1.77 bits per heavy atom. The Kier molecular flexibility index (Phi) is 3.51. The molecule has 30 heavy (non-hydrogen) atoms. The number of nitrogens with one attached hydrogen (secondary N) is 2. The maximum absolute atomic E-state index is 4.56. The van der Waals surface area contributed by atoms with Crippen molar-refractivity contribution >= 4 is 21.8 Å². The fraction of sp³-hybridized carbons (Fsp3) is 0.0455. The molecule has 0 bridgehead atoms. The van der Waals surface area contributed by atoms with Crippen LogP contribution in [0.2, 0.25) is 0 Å². The molecule has 0 aliphatic carbocycles. The molecule has 8 nitrogen and oxygen atoms in total. The van der Waals surface area contributed by atoms with Crippen molar-refractivity contribution in [1.29, 1.82) is 0 Å². The highest BCUT2D eigenvalue weighted by Gasteiger charge is 2.15. The van der Waals surface area contributed by atoms with E-state index in [1.54, 1.807) is 23.3 Å². The molecule has 0 aliphatic heterocycles. The van der Waals surface area contributed by atoms with Crippen LogP contribution in [0.1, 0.15) is 0 Å². The average molecular weight is 392 g/mol. The van der Waals surface area contributed by atoms with Crippen molar-refractivity contribution in [1.82, 2.24) is 39.9 Å². The molecule has 0 unspecified atom stereocenters. The van der Waals surface area contributed by atoms with Crippen molar-refractivity contribution in [2.75, 3.05) is 0 Å². The van der Waals surface area contributed by atoms with Crippen molar-refractivity contribution in [3.63, 3.8) is 0 Å². The molecule has 0 saturated carbocycles. The molecule has 0 saturated heterocycles. The average Bonchev–Trinajstić information content (AvgIpc) is 3.50. The van der Waals surface area contributed by atoms with E-state index in [2.05, 4.69) is 41.3 Å². The van der Waals surface area contributed by atoms with Gasteiger partial charge >= 0.3 is 0 Å². The maximum atomic E-state index is 4.56. The first-order chi connectivity index (χ1) is 14.8. The first kappa shape index (κ1) is 16.6. The molecule has 0 amide bonds. The van der Waals surface area contributed by atoms with Crippen LogP contribution < -0.4 is 0 Å². The fourth-order valence-electron chi connectivity index (χ4n) is 3.72. The van der Waals surface area contributed by atoms with E-state index in [0.29, 0.717) is 0 Å². The topological polar surface area (TPSA) is 101 Å². The number of aromatic amines is 2. The number of H-pyrrole nitrogens is 2. The second kappa shape index (κ2) is 6.35. The van der Waals surface area contributed by atoms with Crippen LogP contribution in [0.15, 0.2) is 67.4 Å². The SMILES string of the molecule is Cn1cc(-c2cc3c(-c4cc5c(-c6ccccn6)nccc5[nH]4)n[nH]c3cn2)cn1. The Morgan fingerprint density at radius 1 is 0.833 bits per heavy atom. The lowest BCUT2D eigenvalue weighted by Crippen LogP contribution is -1.86. The molecule has 6 aromatic rings. The van der Waals surface area contributed by atoms with Crippen LogP contribution in [-0.2, 0) is 7.05 Å². The number of nitrogens with zero attached hydrogens (tertiary/aromatic N) is 6. The van der Waals surface area contributed by atoms with Crippen LogP contribution in [0.5, 0.6) is 0 Å². The summed E-state index contributed by atoms with van der Waals surface area (Å²) in [6.07, 6.45) is 9.12. The van der Waals surface area contributed by atoms with Gasteiger partial charge in [-0.15, -0.1) is 0 Å². The van der Waals surface area contributed by atoms with Crippen molar-refractivity contribution in [3.05, 3.63) is 67.4 Å². The Labute approximate surface area is 170 Å². The van der Waals surface area contributed by atoms with Gasteiger partial charge in [-0.05, 0) is 30.3 Å². The van der Waals surface area contributed by atoms with Gasteiger partial charge in [0.15, 0.2) is 0 Å². The molecule has 0 radical (unpaired) electrons. The zero-order valence-electron chi connectivity index (χ0n) is 16.0. The van der Waals surface area contributed by atoms with Crippen molar-refractivity contribution < 1.29 is 0 Å². The Hall–Kier alpha value is -4.33. The highest BCUT2D eigenvalue weighted by atomic mass is 15.2. The third-order valence-electron chi connectivity index (χ3n) is 5.16. The van der Waals surface area contributed by atoms with E-state index in [0.717, 1.165) is 55.8 Å². The molecule has 0 aliphatic rings. The third kappa shape index (κ3) is 2.58. The molecule has 8 heteroatoms. The van der Waals surface area contributed by atoms with Gasteiger partial charge in [-0.3, -0.25) is 24.7 Å². The molecule has 6 rings (SSSR count). The summed E-state index contributed by atoms with van der Waals surface area (Å²) in [7, 11) is 1.89. The second-order valence-corrected chi connectivity index (χ2v) is 7.11. The van der Waals surface area contributed by atoms with Gasteiger partial charge in [0.25, 0.3) is 0 Å². The molecule has 0 atom stereocenters. The normalized spacial score (nSPS) is 11.5. The van der Waals surface area contributed by atoms with E-state index in [-0.39, 0.29) is 0 Å². The smallest absolute Gasteiger partial charge is 0.116 e. The fourth-order valence-corrected chi connectivity index (χ4v) is 3.72. The predicted octanol–water partition coefficient (Wildman–Crippen LogP) is 3.96. The number of aryl methyl sites for hydroxylation is 1. The van der Waals surface area contributed by atoms with Gasteiger partial charge in [0.2, 0.25) is 0 Å². The number of pyridine rings is 3. The minimum Gasteiger partial charge on any atom is -0.353 e. The summed E-state index contributed by atoms with van der Waals surface area (Å²) < 4.78 is 1.77. The quantitative estimate of drug-likeness (QED) is 0.475. The molecule has 6 aromatic heterocycles. The number of hydrogen-bond acceptors (Lipinski definition) is 5. The number of fused-ring (bicyclic) bond motifs is 2. The van der Waals surface area contributed by atoms with Crippen LogP contribution in [0.25, 0.3) is 55.8 Å². The van der Waals surface area contributed by atoms with E-state index < -0.39 is 0 Å². The van der Waals surface area contributed by atoms with Crippen LogP contribution in [-0.4, -0.2) is 39.9 Å². The van der Waals surface area contributed by atoms with Gasteiger partial charge in [-0.2, -0.15) is 10.2 Å². The second-order valence-electron chi connectivity index (χ2n) is 7.11. The predicted molar refractivity (Wildman–Crippen MR) is 114 cm³/mol. The van der Waals surface area contributed by atoms with E-state index in [4.69, 9.17) is 0 Å². The van der Waals surface area contributed by atoms with E-state index >= 15 is 0 Å². The lowest BCUT2D eigenvalue weighted by molar-refractivity contribution is 0.768. The summed E-state index contributed by atoms with van der Waals surface area (Å²) in [6, 6.07) is 11.9. The lowest BCUT2D eigenvalue weighted by atomic mass is 10.1. The zero-order chi connectivity index (χ0) is 20.1. The van der Waals surface area contributed by atoms with Crippen LogP contribution >= 0.6 is 0 Å². The first-order valence-electron chi connectivity index (χ1n) is 9.49. The third-order valence-corrected chi connectivity index (χ3v) is 5.16. The van der Waals surface area contributed by atoms with Gasteiger partial charge in [0.05, 0.1) is 40.7 Å². The summed E-state index contributed by atoms with van der Waals surface area (Å²) in [5, 5.41) is 13.9. The highest BCUT2D eigenvalue weighted by Crippen LogP contribution is 2.33. The standard InChI is InChI=1S/C22H16N8/c1-30-12-13(10-26-30)18-8-15-20(11-25-18)28-29-22(15)19-9-14-16(27-19)5-7-24-21(14)17-4-2-3-6-23-17/h2-12,27H,1H3,(H,28,29). The monoisotopic (exact) mass is 392 g/mol. The van der Waals surface area contributed by atoms with Crippen molar-refractivity contribution in [3.8, 4) is 34.0 Å². The Bertz CT molecular complexity index is 1510. The summed E-state index contributed by atoms with van der Waals surface area (Å²) >= 11 is 0. The largest absolute Gasteiger partial charge is 0.353 e. The van der Waals surface area contributed by atoms with E-state index in [9.17, 15) is 0 Å². The van der Waals surface area contributed by atoms with Gasteiger partial charge < -0.3 is 4.98 Å². The molecule has 0 fully saturated rings. The zero-order valence-corrected chi connectivity index (χ0v) is 16.0. The molecule has 6 heterocycles. The van der Waals surface area contributed by atoms with Gasteiger partial charge in [0, 0.05) is 47.5 Å². The molecular weight excluding hydrogens is 376 g/mol. The molecule has 0 spiro atoms. The Morgan fingerprint density at radius 3 is 2.60 bits per heavy atom. The van der Waals surface area contributed by atoms with Crippen LogP contribution in [0.3, 0.4) is 0 Å². The highest BCUT2D eigenvalue weighted by molar-refractivity contribution is 6.00. The molecule has 2 N–H and O–H groups in total. The molecular formula is C22H16N8. The van der Waals surface area contributed by atoms with Gasteiger partial charge in [-0.25, -0.2) is 0 Å². The molecule has 0 aromatic carbocycles. The van der Waals surface area contributed by atoms with E-state index in [1.165, 1.54) is 0 Å². The minimum absolute atomic E-state index is 0.834. The lowest BCUT2D eigenvalue weighted by Gasteiger charge is -2.00. The van der Waals surface area contributed by atoms with Crippen molar-refractivity contribution in [2.24, 2.45) is 7.05 Å². The van der Waals surface area contributed by atoms with Crippen LogP contribution in [0.4, 0.5) is 0 Å². The van der Waals surface area contributed by atoms with Gasteiger partial charge in [0.1, 0.15) is 5.69 Å². The summed E-state index contributed by atoms with van der Waals surface area (Å²) in [5.74, 6) is 0. The van der Waals surface area contributed by atoms with E-state index in [1.807, 2.05) is 49.8 Å². The van der Waals surface area contributed by atoms with Crippen molar-refractivity contribution in [2.45, 2.75) is 0 Å². The number of rotatable bonds is 3. The Balaban J connectivity index is 1.52. The number of hydrogen-bond donors (Lipinski definition) is 2. The maximum Gasteiger partial charge on any atom is 0.116 e. The van der Waals surface area contributed by atoms with Gasteiger partial charge in [-0.1, -0.05) is 6.07 Å². The minimum atomic E-state index is 0.834. The summed E-state index contributed by atoms with van der Waals surface area (Å²) in [4.78, 5) is 17.0. The first-order valence-corrected chi connectivity index (χ1v) is 9.49. The summed E-state index contributed by atoms with van der Waals surface area (Å²) in [5.41, 5.74) is 7.09. The number of aromatic nitrogens is 8. The summed E-state index contributed by atoms with van der Waals surface area (Å²) in [6.45, 7) is 0. The molecule has 144 valence electrons.